The van der Waals surface area contributed by atoms with Crippen LogP contribution in [0.25, 0.3) is 10.2 Å². The molecule has 2 unspecified atom stereocenters. The number of amides is 2. The summed E-state index contributed by atoms with van der Waals surface area (Å²) in [4.78, 5) is 25.9. The van der Waals surface area contributed by atoms with Crippen molar-refractivity contribution in [2.24, 2.45) is 7.05 Å². The molecule has 0 saturated carbocycles. The molecule has 0 bridgehead atoms. The first-order valence-electron chi connectivity index (χ1n) is 7.52. The molecule has 134 valence electrons. The lowest BCUT2D eigenvalue weighted by Gasteiger charge is -2.16. The van der Waals surface area contributed by atoms with E-state index in [9.17, 15) is 9.59 Å². The van der Waals surface area contributed by atoms with Crippen LogP contribution < -0.4 is 16.0 Å². The van der Waals surface area contributed by atoms with Crippen LogP contribution in [0.15, 0.2) is 6.07 Å². The molecule has 0 radical (unpaired) electrons. The highest BCUT2D eigenvalue weighted by molar-refractivity contribution is 7.20. The van der Waals surface area contributed by atoms with E-state index in [0.29, 0.717) is 11.4 Å². The van der Waals surface area contributed by atoms with Crippen molar-refractivity contribution in [1.82, 2.24) is 25.7 Å². The summed E-state index contributed by atoms with van der Waals surface area (Å²) in [5.74, 6) is -0.436. The molecule has 0 spiro atoms. The number of hydrogen-bond acceptors (Lipinski definition) is 5. The summed E-state index contributed by atoms with van der Waals surface area (Å²) in [6, 6.07) is 1.42. The lowest BCUT2D eigenvalue weighted by atomic mass is 10.2. The molecule has 9 heteroatoms. The summed E-state index contributed by atoms with van der Waals surface area (Å²) in [7, 11) is 3.69. The van der Waals surface area contributed by atoms with Crippen LogP contribution in [-0.2, 0) is 11.8 Å². The molecule has 2 amide bonds. The molecule has 2 heterocycles. The quantitative estimate of drug-likeness (QED) is 0.710. The number of nitrogens with one attached hydrogen (secondary N) is 3. The number of halogens is 1. The number of carbonyl (C=O) groups is 2. The topological polar surface area (TPSA) is 88.0 Å². The van der Waals surface area contributed by atoms with Gasteiger partial charge in [-0.05, 0) is 33.9 Å². The van der Waals surface area contributed by atoms with Crippen LogP contribution in [0.1, 0.15) is 29.2 Å². The van der Waals surface area contributed by atoms with Crippen LogP contribution in [0.2, 0.25) is 0 Å². The third-order valence-corrected chi connectivity index (χ3v) is 4.94. The third-order valence-electron chi connectivity index (χ3n) is 3.74. The van der Waals surface area contributed by atoms with E-state index in [1.807, 2.05) is 34.0 Å². The fourth-order valence-corrected chi connectivity index (χ4v) is 3.19. The molecule has 24 heavy (non-hydrogen) atoms. The first kappa shape index (κ1) is 20.4. The maximum atomic E-state index is 12.3. The lowest BCUT2D eigenvalue weighted by Crippen LogP contribution is -2.47. The van der Waals surface area contributed by atoms with Gasteiger partial charge in [-0.15, -0.1) is 23.7 Å². The van der Waals surface area contributed by atoms with E-state index in [1.165, 1.54) is 11.3 Å². The number of thiophene rings is 1. The summed E-state index contributed by atoms with van der Waals surface area (Å²) in [6.07, 6.45) is 0. The molecular formula is C15H24ClN5O2S. The number of likely N-dealkylation sites (N-methyl/N-ethyl adjacent to an activating group) is 1. The summed E-state index contributed by atoms with van der Waals surface area (Å²) in [6.45, 7) is 6.08. The Hall–Kier alpha value is -1.64. The Morgan fingerprint density at radius 1 is 1.38 bits per heavy atom. The predicted octanol–water partition coefficient (Wildman–Crippen LogP) is 1.21. The number of aryl methyl sites for hydroxylation is 2. The molecule has 2 aromatic rings. The summed E-state index contributed by atoms with van der Waals surface area (Å²) >= 11 is 1.38. The van der Waals surface area contributed by atoms with Crippen molar-refractivity contribution in [2.75, 3.05) is 13.6 Å². The van der Waals surface area contributed by atoms with Gasteiger partial charge in [-0.1, -0.05) is 0 Å². The normalized spacial score (nSPS) is 13.2. The van der Waals surface area contributed by atoms with Crippen LogP contribution >= 0.6 is 23.7 Å². The minimum absolute atomic E-state index is 0. The highest BCUT2D eigenvalue weighted by atomic mass is 35.5. The van der Waals surface area contributed by atoms with Crippen molar-refractivity contribution in [3.05, 3.63) is 16.6 Å². The molecule has 0 aliphatic heterocycles. The highest BCUT2D eigenvalue weighted by Gasteiger charge is 2.20. The SMILES string of the molecule is CNC(C)CNC(=O)C(C)NC(=O)c1cc2c(C)nn(C)c2s1.Cl. The smallest absolute Gasteiger partial charge is 0.262 e. The monoisotopic (exact) mass is 373 g/mol. The van der Waals surface area contributed by atoms with Crippen molar-refractivity contribution in [3.63, 3.8) is 0 Å². The van der Waals surface area contributed by atoms with Gasteiger partial charge in [-0.25, -0.2) is 0 Å². The van der Waals surface area contributed by atoms with E-state index < -0.39 is 6.04 Å². The zero-order valence-corrected chi connectivity index (χ0v) is 16.1. The number of nitrogens with zero attached hydrogens (tertiary/aromatic N) is 2. The molecule has 0 saturated heterocycles. The molecule has 2 aromatic heterocycles. The molecule has 2 atom stereocenters. The van der Waals surface area contributed by atoms with Gasteiger partial charge >= 0.3 is 0 Å². The van der Waals surface area contributed by atoms with Gasteiger partial charge in [0.2, 0.25) is 5.91 Å². The Morgan fingerprint density at radius 3 is 2.62 bits per heavy atom. The Labute approximate surface area is 151 Å². The first-order chi connectivity index (χ1) is 10.8. The number of carbonyl (C=O) groups excluding carboxylic acids is 2. The average Bonchev–Trinajstić information content (AvgIpc) is 3.06. The van der Waals surface area contributed by atoms with Crippen LogP contribution in [-0.4, -0.2) is 47.3 Å². The minimum Gasteiger partial charge on any atom is -0.353 e. The van der Waals surface area contributed by atoms with E-state index in [-0.39, 0.29) is 30.3 Å². The second kappa shape index (κ2) is 8.46. The maximum Gasteiger partial charge on any atom is 0.262 e. The van der Waals surface area contributed by atoms with Gasteiger partial charge in [0.1, 0.15) is 10.9 Å². The van der Waals surface area contributed by atoms with Crippen LogP contribution in [0, 0.1) is 6.92 Å². The number of rotatable bonds is 6. The molecule has 2 rings (SSSR count). The Bertz CT molecular complexity index is 692. The van der Waals surface area contributed by atoms with Crippen molar-refractivity contribution >= 4 is 45.8 Å². The molecule has 0 aromatic carbocycles. The summed E-state index contributed by atoms with van der Waals surface area (Å²) in [5, 5.41) is 13.9. The Balaban J connectivity index is 0.00000288. The lowest BCUT2D eigenvalue weighted by molar-refractivity contribution is -0.122. The minimum atomic E-state index is -0.587. The van der Waals surface area contributed by atoms with E-state index in [2.05, 4.69) is 21.0 Å². The van der Waals surface area contributed by atoms with Gasteiger partial charge in [0.25, 0.3) is 5.91 Å². The van der Waals surface area contributed by atoms with Crippen LogP contribution in [0.4, 0.5) is 0 Å². The number of hydrogen-bond donors (Lipinski definition) is 3. The van der Waals surface area contributed by atoms with Crippen molar-refractivity contribution < 1.29 is 9.59 Å². The standard InChI is InChI=1S/C15H23N5O2S.ClH/c1-8(16-4)7-17-13(21)10(3)18-14(22)12-6-11-9(2)19-20(5)15(11)23-12;/h6,8,10,16H,7H2,1-5H3,(H,17,21)(H,18,22);1H. The number of fused-ring (bicyclic) bond motifs is 1. The van der Waals surface area contributed by atoms with Crippen molar-refractivity contribution in [1.29, 1.82) is 0 Å². The van der Waals surface area contributed by atoms with E-state index >= 15 is 0 Å². The largest absolute Gasteiger partial charge is 0.353 e. The number of aromatic nitrogens is 2. The molecule has 7 nitrogen and oxygen atoms in total. The summed E-state index contributed by atoms with van der Waals surface area (Å²) in [5.41, 5.74) is 0.893. The van der Waals surface area contributed by atoms with Crippen molar-refractivity contribution in [3.8, 4) is 0 Å². The molecular weight excluding hydrogens is 350 g/mol. The Kier molecular flexibility index (Phi) is 7.19. The van der Waals surface area contributed by atoms with E-state index in [1.54, 1.807) is 11.6 Å². The van der Waals surface area contributed by atoms with Gasteiger partial charge in [-0.2, -0.15) is 5.10 Å². The third kappa shape index (κ3) is 4.46. The van der Waals surface area contributed by atoms with Gasteiger partial charge < -0.3 is 16.0 Å². The summed E-state index contributed by atoms with van der Waals surface area (Å²) < 4.78 is 1.77. The highest BCUT2D eigenvalue weighted by Crippen LogP contribution is 2.27. The van der Waals surface area contributed by atoms with Gasteiger partial charge in [0.05, 0.1) is 10.6 Å². The second-order valence-corrected chi connectivity index (χ2v) is 6.70. The fraction of sp³-hybridized carbons (Fsp3) is 0.533. The molecule has 0 fully saturated rings. The van der Waals surface area contributed by atoms with Crippen LogP contribution in [0.3, 0.4) is 0 Å². The van der Waals surface area contributed by atoms with Crippen molar-refractivity contribution in [2.45, 2.75) is 32.9 Å². The molecule has 0 aliphatic carbocycles. The second-order valence-electron chi connectivity index (χ2n) is 5.67. The van der Waals surface area contributed by atoms with E-state index in [4.69, 9.17) is 0 Å². The first-order valence-corrected chi connectivity index (χ1v) is 8.34. The fourth-order valence-electron chi connectivity index (χ4n) is 2.16. The molecule has 0 aliphatic rings. The van der Waals surface area contributed by atoms with E-state index in [0.717, 1.165) is 15.9 Å². The zero-order valence-electron chi connectivity index (χ0n) is 14.5. The Morgan fingerprint density at radius 2 is 2.04 bits per heavy atom. The van der Waals surface area contributed by atoms with Gasteiger partial charge in [-0.3, -0.25) is 14.3 Å². The van der Waals surface area contributed by atoms with Gasteiger partial charge in [0, 0.05) is 25.0 Å². The average molecular weight is 374 g/mol. The predicted molar refractivity (Wildman–Crippen MR) is 99.0 cm³/mol. The molecule has 3 N–H and O–H groups in total. The van der Waals surface area contributed by atoms with Gasteiger partial charge in [0.15, 0.2) is 0 Å². The van der Waals surface area contributed by atoms with Crippen LogP contribution in [0.5, 0.6) is 0 Å². The maximum absolute atomic E-state index is 12.3. The zero-order chi connectivity index (χ0) is 17.1.